The van der Waals surface area contributed by atoms with Crippen LogP contribution in [0.25, 0.3) is 5.57 Å². The summed E-state index contributed by atoms with van der Waals surface area (Å²) in [7, 11) is 3.35. The van der Waals surface area contributed by atoms with Crippen molar-refractivity contribution in [3.8, 4) is 0 Å². The van der Waals surface area contributed by atoms with Crippen molar-refractivity contribution < 1.29 is 14.4 Å². The second-order valence-corrected chi connectivity index (χ2v) is 7.84. The first-order chi connectivity index (χ1) is 12.2. The van der Waals surface area contributed by atoms with E-state index in [2.05, 4.69) is 6.92 Å². The smallest absolute Gasteiger partial charge is 0.163 e. The lowest BCUT2D eigenvalue weighted by Gasteiger charge is -2.40. The number of nitrogens with zero attached hydrogens (tertiary/aromatic N) is 1. The number of aryl methyl sites for hydroxylation is 2. The van der Waals surface area contributed by atoms with Crippen LogP contribution >= 0.6 is 11.6 Å². The molecular formula is C21H30ClNO3. The van der Waals surface area contributed by atoms with Crippen molar-refractivity contribution >= 4 is 23.0 Å². The Morgan fingerprint density at radius 2 is 1.73 bits per heavy atom. The molecule has 1 aliphatic rings. The van der Waals surface area contributed by atoms with Gasteiger partial charge in [0.1, 0.15) is 5.76 Å². The third-order valence-electron chi connectivity index (χ3n) is 5.54. The van der Waals surface area contributed by atoms with Crippen LogP contribution in [0.5, 0.6) is 0 Å². The predicted molar refractivity (Wildman–Crippen MR) is 106 cm³/mol. The minimum absolute atomic E-state index is 0.00312. The zero-order valence-electron chi connectivity index (χ0n) is 17.0. The van der Waals surface area contributed by atoms with Crippen molar-refractivity contribution in [2.24, 2.45) is 5.41 Å². The molecule has 2 rings (SSSR count). The number of ether oxygens (including phenoxy) is 1. The van der Waals surface area contributed by atoms with Gasteiger partial charge in [0.15, 0.2) is 5.78 Å². The van der Waals surface area contributed by atoms with Crippen molar-refractivity contribution in [3.63, 3.8) is 0 Å². The highest BCUT2D eigenvalue weighted by atomic mass is 35.5. The third-order valence-corrected chi connectivity index (χ3v) is 6.12. The molecule has 1 saturated heterocycles. The lowest BCUT2D eigenvalue weighted by atomic mass is 9.75. The Balaban J connectivity index is 2.68. The fraction of sp³-hybridized carbons (Fsp3) is 0.571. The lowest BCUT2D eigenvalue weighted by Crippen LogP contribution is -2.39. The van der Waals surface area contributed by atoms with E-state index in [-0.39, 0.29) is 11.2 Å². The molecule has 0 spiro atoms. The van der Waals surface area contributed by atoms with Crippen LogP contribution in [-0.4, -0.2) is 38.2 Å². The Morgan fingerprint density at radius 3 is 2.19 bits per heavy atom. The van der Waals surface area contributed by atoms with Crippen molar-refractivity contribution in [1.82, 2.24) is 5.06 Å². The zero-order chi connectivity index (χ0) is 19.6. The molecule has 1 aromatic carbocycles. The molecule has 0 aromatic heterocycles. The maximum atomic E-state index is 12.7. The summed E-state index contributed by atoms with van der Waals surface area (Å²) in [4.78, 5) is 18.1. The number of Topliss-reactive ketones (excluding diaryl/α,β-unsaturated/α-hetero) is 1. The second kappa shape index (κ2) is 8.12. The number of ketones is 1. The van der Waals surface area contributed by atoms with Crippen LogP contribution in [0.2, 0.25) is 5.02 Å². The number of hydroxylamine groups is 2. The lowest BCUT2D eigenvalue weighted by molar-refractivity contribution is -0.156. The molecule has 0 aliphatic carbocycles. The monoisotopic (exact) mass is 379 g/mol. The number of hydrogen-bond acceptors (Lipinski definition) is 4. The summed E-state index contributed by atoms with van der Waals surface area (Å²) in [6.45, 7) is 11.4. The number of hydrogen-bond donors (Lipinski definition) is 0. The molecule has 1 aromatic rings. The second-order valence-electron chi connectivity index (χ2n) is 7.46. The van der Waals surface area contributed by atoms with E-state index in [1.165, 1.54) is 0 Å². The van der Waals surface area contributed by atoms with Crippen LogP contribution < -0.4 is 0 Å². The van der Waals surface area contributed by atoms with Gasteiger partial charge in [-0.05, 0) is 62.8 Å². The Kier molecular flexibility index (Phi) is 6.54. The number of piperidine rings is 1. The minimum Gasteiger partial charge on any atom is -0.500 e. The van der Waals surface area contributed by atoms with Crippen LogP contribution in [0, 0.1) is 26.2 Å². The summed E-state index contributed by atoms with van der Waals surface area (Å²) in [6.07, 6.45) is 1.72. The maximum Gasteiger partial charge on any atom is 0.163 e. The molecule has 0 unspecified atom stereocenters. The summed E-state index contributed by atoms with van der Waals surface area (Å²) < 4.78 is 5.88. The van der Waals surface area contributed by atoms with Crippen molar-refractivity contribution in [3.05, 3.63) is 39.1 Å². The summed E-state index contributed by atoms with van der Waals surface area (Å²) in [5.41, 5.74) is 4.33. The Hall–Kier alpha value is -1.36. The van der Waals surface area contributed by atoms with E-state index in [1.807, 2.05) is 31.9 Å². The number of carbonyl (C=O) groups is 1. The van der Waals surface area contributed by atoms with E-state index >= 15 is 0 Å². The zero-order valence-corrected chi connectivity index (χ0v) is 17.7. The molecule has 0 saturated carbocycles. The topological polar surface area (TPSA) is 38.8 Å². The van der Waals surface area contributed by atoms with E-state index in [4.69, 9.17) is 21.2 Å². The van der Waals surface area contributed by atoms with Crippen LogP contribution in [0.1, 0.15) is 48.9 Å². The molecule has 144 valence electrons. The van der Waals surface area contributed by atoms with Gasteiger partial charge in [-0.1, -0.05) is 24.6 Å². The number of halogens is 1. The van der Waals surface area contributed by atoms with Gasteiger partial charge >= 0.3 is 0 Å². The predicted octanol–water partition coefficient (Wildman–Crippen LogP) is 4.88. The van der Waals surface area contributed by atoms with Crippen molar-refractivity contribution in [2.45, 2.75) is 47.5 Å². The van der Waals surface area contributed by atoms with Gasteiger partial charge in [-0.15, -0.1) is 0 Å². The van der Waals surface area contributed by atoms with Gasteiger partial charge in [-0.25, -0.2) is 0 Å². The summed E-state index contributed by atoms with van der Waals surface area (Å²) in [5.74, 6) is 0.759. The Labute approximate surface area is 162 Å². The molecule has 4 nitrogen and oxygen atoms in total. The fourth-order valence-electron chi connectivity index (χ4n) is 4.04. The molecule has 0 atom stereocenters. The van der Waals surface area contributed by atoms with Gasteiger partial charge < -0.3 is 9.57 Å². The number of allylic oxidation sites excluding steroid dienone is 2. The first-order valence-corrected chi connectivity index (χ1v) is 9.39. The average Bonchev–Trinajstić information content (AvgIpc) is 2.59. The van der Waals surface area contributed by atoms with E-state index < -0.39 is 0 Å². The molecule has 5 heteroatoms. The van der Waals surface area contributed by atoms with Gasteiger partial charge in [0.05, 0.1) is 19.8 Å². The summed E-state index contributed by atoms with van der Waals surface area (Å²) in [5, 5.41) is 2.65. The van der Waals surface area contributed by atoms with E-state index in [0.29, 0.717) is 10.6 Å². The van der Waals surface area contributed by atoms with Crippen molar-refractivity contribution in [1.29, 1.82) is 0 Å². The average molecular weight is 380 g/mol. The van der Waals surface area contributed by atoms with Crippen LogP contribution in [-0.2, 0) is 14.4 Å². The highest BCUT2D eigenvalue weighted by Crippen LogP contribution is 2.44. The quantitative estimate of drug-likeness (QED) is 0.540. The highest BCUT2D eigenvalue weighted by molar-refractivity contribution is 6.33. The SMILES string of the molecule is CO/C(=C(/C(C)=O)c1c(C)cc(C)c(Cl)c1C)C1(C)CCN(OC)CC1. The summed E-state index contributed by atoms with van der Waals surface area (Å²) in [6, 6.07) is 2.04. The molecule has 1 aliphatic heterocycles. The maximum absolute atomic E-state index is 12.7. The first kappa shape index (κ1) is 20.9. The van der Waals surface area contributed by atoms with Gasteiger partial charge in [0.25, 0.3) is 0 Å². The standard InChI is InChI=1S/C21H30ClNO3/c1-13-12-14(2)19(22)15(3)17(13)18(16(4)24)20(25-6)21(5)8-10-23(26-7)11-9-21/h12H,8-11H2,1-7H3/b20-18-. The van der Waals surface area contributed by atoms with Crippen LogP contribution in [0.4, 0.5) is 0 Å². The number of methoxy groups -OCH3 is 1. The van der Waals surface area contributed by atoms with Gasteiger partial charge in [0, 0.05) is 23.5 Å². The molecule has 0 bridgehead atoms. The normalized spacial score (nSPS) is 18.5. The van der Waals surface area contributed by atoms with Gasteiger partial charge in [-0.2, -0.15) is 5.06 Å². The molecule has 1 fully saturated rings. The molecule has 26 heavy (non-hydrogen) atoms. The van der Waals surface area contributed by atoms with Crippen LogP contribution in [0.15, 0.2) is 11.8 Å². The van der Waals surface area contributed by atoms with Gasteiger partial charge in [0.2, 0.25) is 0 Å². The van der Waals surface area contributed by atoms with Crippen molar-refractivity contribution in [2.75, 3.05) is 27.3 Å². The third kappa shape index (κ3) is 3.83. The number of rotatable bonds is 5. The number of carbonyl (C=O) groups excluding carboxylic acids is 1. The summed E-state index contributed by atoms with van der Waals surface area (Å²) >= 11 is 6.51. The van der Waals surface area contributed by atoms with E-state index in [1.54, 1.807) is 21.1 Å². The first-order valence-electron chi connectivity index (χ1n) is 9.01. The largest absolute Gasteiger partial charge is 0.500 e. The Morgan fingerprint density at radius 1 is 1.15 bits per heavy atom. The molecule has 0 radical (unpaired) electrons. The van der Waals surface area contributed by atoms with Gasteiger partial charge in [-0.3, -0.25) is 4.79 Å². The molecule has 0 amide bonds. The minimum atomic E-state index is -0.221. The molecule has 0 N–H and O–H groups in total. The fourth-order valence-corrected chi connectivity index (χ4v) is 4.18. The highest BCUT2D eigenvalue weighted by Gasteiger charge is 2.38. The van der Waals surface area contributed by atoms with E-state index in [9.17, 15) is 4.79 Å². The van der Waals surface area contributed by atoms with Crippen LogP contribution in [0.3, 0.4) is 0 Å². The molecule has 1 heterocycles. The Bertz CT molecular complexity index is 731. The molecular weight excluding hydrogens is 350 g/mol. The number of benzene rings is 1. The van der Waals surface area contributed by atoms with E-state index in [0.717, 1.165) is 53.9 Å².